The summed E-state index contributed by atoms with van der Waals surface area (Å²) in [5.41, 5.74) is -0.466. The molecule has 0 radical (unpaired) electrons. The van der Waals surface area contributed by atoms with Gasteiger partial charge in [0.15, 0.2) is 0 Å². The Balaban J connectivity index is 2.35. The number of nitriles is 1. The van der Waals surface area contributed by atoms with Gasteiger partial charge < -0.3 is 9.47 Å². The first-order chi connectivity index (χ1) is 9.85. The van der Waals surface area contributed by atoms with Crippen LogP contribution in [-0.4, -0.2) is 37.5 Å². The predicted octanol–water partition coefficient (Wildman–Crippen LogP) is 3.27. The summed E-state index contributed by atoms with van der Waals surface area (Å²) in [5, 5.41) is 13.1. The molecule has 1 saturated carbocycles. The number of ether oxygens (including phenoxy) is 2. The highest BCUT2D eigenvalue weighted by Crippen LogP contribution is 2.38. The molecule has 21 heavy (non-hydrogen) atoms. The predicted molar refractivity (Wildman–Crippen MR) is 85.1 cm³/mol. The third-order valence-corrected chi connectivity index (χ3v) is 4.58. The van der Waals surface area contributed by atoms with Crippen LogP contribution in [0, 0.1) is 17.2 Å². The molecule has 2 unspecified atom stereocenters. The lowest BCUT2D eigenvalue weighted by Gasteiger charge is -2.32. The van der Waals surface area contributed by atoms with Crippen molar-refractivity contribution in [2.75, 3.05) is 20.3 Å². The highest BCUT2D eigenvalue weighted by molar-refractivity contribution is 5.14. The minimum Gasteiger partial charge on any atom is -0.381 e. The fourth-order valence-corrected chi connectivity index (χ4v) is 3.10. The molecule has 1 aliphatic rings. The van der Waals surface area contributed by atoms with Gasteiger partial charge in [0.1, 0.15) is 5.54 Å². The second-order valence-corrected chi connectivity index (χ2v) is 7.09. The van der Waals surface area contributed by atoms with Gasteiger partial charge in [-0.25, -0.2) is 0 Å². The summed E-state index contributed by atoms with van der Waals surface area (Å²) in [6.45, 7) is 9.80. The van der Waals surface area contributed by atoms with Gasteiger partial charge in [-0.05, 0) is 59.3 Å². The number of hydrogen-bond acceptors (Lipinski definition) is 4. The first-order valence-corrected chi connectivity index (χ1v) is 8.17. The van der Waals surface area contributed by atoms with Gasteiger partial charge in [0.2, 0.25) is 0 Å². The molecule has 4 nitrogen and oxygen atoms in total. The first-order valence-electron chi connectivity index (χ1n) is 8.17. The average Bonchev–Trinajstić information content (AvgIpc) is 2.81. The van der Waals surface area contributed by atoms with E-state index in [9.17, 15) is 5.26 Å². The first kappa shape index (κ1) is 18.4. The summed E-state index contributed by atoms with van der Waals surface area (Å²) < 4.78 is 11.1. The van der Waals surface area contributed by atoms with Gasteiger partial charge in [-0.2, -0.15) is 5.26 Å². The maximum atomic E-state index is 9.61. The van der Waals surface area contributed by atoms with Gasteiger partial charge in [-0.15, -0.1) is 0 Å². The van der Waals surface area contributed by atoms with Crippen LogP contribution in [0.15, 0.2) is 0 Å². The Kier molecular flexibility index (Phi) is 7.12. The van der Waals surface area contributed by atoms with Gasteiger partial charge in [0, 0.05) is 26.4 Å². The van der Waals surface area contributed by atoms with E-state index in [-0.39, 0.29) is 11.1 Å². The van der Waals surface area contributed by atoms with Crippen molar-refractivity contribution >= 4 is 0 Å². The van der Waals surface area contributed by atoms with Gasteiger partial charge >= 0.3 is 0 Å². The summed E-state index contributed by atoms with van der Waals surface area (Å²) in [6, 6.07) is 2.89. The van der Waals surface area contributed by atoms with Gasteiger partial charge in [-0.1, -0.05) is 6.42 Å². The second-order valence-electron chi connectivity index (χ2n) is 7.09. The van der Waals surface area contributed by atoms with E-state index >= 15 is 0 Å². The zero-order valence-electron chi connectivity index (χ0n) is 14.4. The van der Waals surface area contributed by atoms with Crippen LogP contribution in [0.5, 0.6) is 0 Å². The summed E-state index contributed by atoms with van der Waals surface area (Å²) in [4.78, 5) is 0. The highest BCUT2D eigenvalue weighted by Gasteiger charge is 2.43. The third kappa shape index (κ3) is 5.58. The van der Waals surface area contributed by atoms with Crippen molar-refractivity contribution in [1.82, 2.24) is 5.32 Å². The number of rotatable bonds is 9. The fourth-order valence-electron chi connectivity index (χ4n) is 3.10. The zero-order chi connectivity index (χ0) is 15.9. The molecule has 122 valence electrons. The van der Waals surface area contributed by atoms with Crippen LogP contribution >= 0.6 is 0 Å². The van der Waals surface area contributed by atoms with Crippen LogP contribution in [0.25, 0.3) is 0 Å². The minimum absolute atomic E-state index is 0.122. The normalized spacial score (nSPS) is 26.2. The molecule has 4 heteroatoms. The molecular weight excluding hydrogens is 264 g/mol. The van der Waals surface area contributed by atoms with Crippen LogP contribution in [0.2, 0.25) is 0 Å². The quantitative estimate of drug-likeness (QED) is 0.663. The van der Waals surface area contributed by atoms with E-state index in [0.717, 1.165) is 38.7 Å². The average molecular weight is 296 g/mol. The molecule has 0 saturated heterocycles. The molecule has 0 amide bonds. The maximum absolute atomic E-state index is 9.61. The Bertz CT molecular complexity index is 349. The molecule has 0 spiro atoms. The molecule has 0 heterocycles. The van der Waals surface area contributed by atoms with Crippen molar-refractivity contribution in [2.24, 2.45) is 5.92 Å². The van der Waals surface area contributed by atoms with E-state index in [0.29, 0.717) is 18.6 Å². The summed E-state index contributed by atoms with van der Waals surface area (Å²) >= 11 is 0. The lowest BCUT2D eigenvalue weighted by molar-refractivity contribution is -0.0117. The van der Waals surface area contributed by atoms with Crippen LogP contribution < -0.4 is 5.32 Å². The maximum Gasteiger partial charge on any atom is 0.109 e. The Morgan fingerprint density at radius 1 is 1.38 bits per heavy atom. The molecule has 1 rings (SSSR count). The number of nitrogens with one attached hydrogen (secondary N) is 1. The van der Waals surface area contributed by atoms with E-state index in [2.05, 4.69) is 39.1 Å². The minimum atomic E-state index is -0.344. The van der Waals surface area contributed by atoms with E-state index in [1.54, 1.807) is 7.11 Å². The molecule has 2 atom stereocenters. The molecule has 0 bridgehead atoms. The number of hydrogen-bond donors (Lipinski definition) is 1. The monoisotopic (exact) mass is 296 g/mol. The number of methoxy groups -OCH3 is 1. The Labute approximate surface area is 130 Å². The lowest BCUT2D eigenvalue weighted by Crippen LogP contribution is -2.50. The molecule has 0 aromatic heterocycles. The SMILES string of the molecule is COC(C)(C)CCOCCC1CCCC1(C#N)NC(C)C. The molecular formula is C17H32N2O2. The standard InChI is InChI=1S/C17H32N2O2/c1-14(2)19-17(13-18)9-6-7-15(17)8-11-21-12-10-16(3,4)20-5/h14-15,19H,6-12H2,1-5H3. The third-order valence-electron chi connectivity index (χ3n) is 4.58. The zero-order valence-corrected chi connectivity index (χ0v) is 14.4. The van der Waals surface area contributed by atoms with Crippen LogP contribution in [0.3, 0.4) is 0 Å². The van der Waals surface area contributed by atoms with Crippen molar-refractivity contribution in [3.05, 3.63) is 0 Å². The van der Waals surface area contributed by atoms with Crippen molar-refractivity contribution < 1.29 is 9.47 Å². The topological polar surface area (TPSA) is 54.3 Å². The van der Waals surface area contributed by atoms with Crippen molar-refractivity contribution in [2.45, 2.75) is 77.0 Å². The summed E-state index contributed by atoms with van der Waals surface area (Å²) in [7, 11) is 1.73. The number of nitrogens with zero attached hydrogens (tertiary/aromatic N) is 1. The largest absolute Gasteiger partial charge is 0.381 e. The molecule has 1 aliphatic carbocycles. The van der Waals surface area contributed by atoms with Crippen LogP contribution in [-0.2, 0) is 9.47 Å². The van der Waals surface area contributed by atoms with E-state index in [4.69, 9.17) is 9.47 Å². The molecule has 0 aliphatic heterocycles. The van der Waals surface area contributed by atoms with Crippen molar-refractivity contribution in [3.63, 3.8) is 0 Å². The Hall–Kier alpha value is -0.630. The molecule has 0 aromatic carbocycles. The highest BCUT2D eigenvalue weighted by atomic mass is 16.5. The summed E-state index contributed by atoms with van der Waals surface area (Å²) in [5.74, 6) is 0.403. The fraction of sp³-hybridized carbons (Fsp3) is 0.941. The molecule has 0 aromatic rings. The second kappa shape index (κ2) is 8.12. The van der Waals surface area contributed by atoms with Gasteiger partial charge in [-0.3, -0.25) is 5.32 Å². The smallest absolute Gasteiger partial charge is 0.109 e. The van der Waals surface area contributed by atoms with Gasteiger partial charge in [0.25, 0.3) is 0 Å². The van der Waals surface area contributed by atoms with E-state index < -0.39 is 0 Å². The summed E-state index contributed by atoms with van der Waals surface area (Å²) in [6.07, 6.45) is 5.07. The molecule has 1 fully saturated rings. The van der Waals surface area contributed by atoms with Crippen LogP contribution in [0.1, 0.15) is 59.8 Å². The van der Waals surface area contributed by atoms with Crippen molar-refractivity contribution in [1.29, 1.82) is 5.26 Å². The molecule has 1 N–H and O–H groups in total. The Morgan fingerprint density at radius 3 is 2.67 bits per heavy atom. The van der Waals surface area contributed by atoms with Crippen LogP contribution in [0.4, 0.5) is 0 Å². The van der Waals surface area contributed by atoms with E-state index in [1.165, 1.54) is 0 Å². The Morgan fingerprint density at radius 2 is 2.10 bits per heavy atom. The lowest BCUT2D eigenvalue weighted by atomic mass is 9.85. The van der Waals surface area contributed by atoms with Gasteiger partial charge in [0.05, 0.1) is 11.7 Å². The van der Waals surface area contributed by atoms with Crippen molar-refractivity contribution in [3.8, 4) is 6.07 Å². The van der Waals surface area contributed by atoms with E-state index in [1.807, 2.05) is 0 Å².